The van der Waals surface area contributed by atoms with Crippen molar-refractivity contribution in [1.29, 1.82) is 0 Å². The molecule has 0 bridgehead atoms. The third-order valence-corrected chi connectivity index (χ3v) is 8.19. The van der Waals surface area contributed by atoms with Gasteiger partial charge in [0.2, 0.25) is 0 Å². The Labute approximate surface area is 194 Å². The van der Waals surface area contributed by atoms with Crippen LogP contribution in [0.2, 0.25) is 5.02 Å². The fourth-order valence-electron chi connectivity index (χ4n) is 4.71. The van der Waals surface area contributed by atoms with E-state index in [-0.39, 0.29) is 17.2 Å². The van der Waals surface area contributed by atoms with Crippen molar-refractivity contribution in [3.63, 3.8) is 0 Å². The maximum absolute atomic E-state index is 13.6. The van der Waals surface area contributed by atoms with Crippen molar-refractivity contribution in [2.45, 2.75) is 59.3 Å². The Hall–Kier alpha value is -1.85. The van der Waals surface area contributed by atoms with E-state index in [2.05, 4.69) is 26.1 Å². The van der Waals surface area contributed by atoms with Crippen LogP contribution >= 0.6 is 22.9 Å². The van der Waals surface area contributed by atoms with Crippen LogP contribution in [0.3, 0.4) is 0 Å². The quantitative estimate of drug-likeness (QED) is 0.576. The molecular weight excluding hydrogens is 428 g/mol. The third kappa shape index (κ3) is 4.68. The lowest BCUT2D eigenvalue weighted by molar-refractivity contribution is 0.0724. The fraction of sp³-hybridized carbons (Fsp3) is 0.520. The number of benzene rings is 1. The van der Waals surface area contributed by atoms with Crippen LogP contribution in [0.25, 0.3) is 0 Å². The Balaban J connectivity index is 1.69. The number of nitrogens with one attached hydrogen (secondary N) is 1. The average Bonchev–Trinajstić information content (AvgIpc) is 3.10. The number of piperidine rings is 1. The fourth-order valence-corrected chi connectivity index (χ4v) is 6.25. The smallest absolute Gasteiger partial charge is 0.257 e. The zero-order valence-electron chi connectivity index (χ0n) is 18.6. The summed E-state index contributed by atoms with van der Waals surface area (Å²) in [5, 5.41) is 4.14. The van der Waals surface area contributed by atoms with Gasteiger partial charge in [0.1, 0.15) is 5.00 Å². The van der Waals surface area contributed by atoms with Gasteiger partial charge in [-0.2, -0.15) is 0 Å². The van der Waals surface area contributed by atoms with Gasteiger partial charge in [0.05, 0.1) is 16.1 Å². The van der Waals surface area contributed by atoms with Crippen LogP contribution in [0.1, 0.15) is 77.6 Å². The third-order valence-electron chi connectivity index (χ3n) is 6.69. The Morgan fingerprint density at radius 1 is 1.13 bits per heavy atom. The zero-order chi connectivity index (χ0) is 22.2. The second-order valence-corrected chi connectivity index (χ2v) is 11.3. The summed E-state index contributed by atoms with van der Waals surface area (Å²) >= 11 is 7.83. The van der Waals surface area contributed by atoms with Gasteiger partial charge in [-0.05, 0) is 67.6 Å². The van der Waals surface area contributed by atoms with Gasteiger partial charge in [0, 0.05) is 18.0 Å². The Morgan fingerprint density at radius 3 is 2.52 bits per heavy atom. The first-order valence-corrected chi connectivity index (χ1v) is 12.4. The standard InChI is InChI=1S/C25H31ClN2O2S/c1-25(2,3)16-11-12-18-20(15-16)31-23(21(18)24(30)28-13-7-4-8-14-28)27-22(29)17-9-5-6-10-19(17)26/h5-6,9-10,16H,4,7-8,11-15H2,1-3H3,(H,27,29). The molecule has 1 saturated heterocycles. The normalized spacial score (nSPS) is 19.1. The first kappa shape index (κ1) is 22.3. The van der Waals surface area contributed by atoms with E-state index in [9.17, 15) is 9.59 Å². The van der Waals surface area contributed by atoms with Crippen molar-refractivity contribution >= 4 is 39.8 Å². The molecule has 1 atom stereocenters. The van der Waals surface area contributed by atoms with Crippen molar-refractivity contribution < 1.29 is 9.59 Å². The SMILES string of the molecule is CC(C)(C)C1CCc2c(sc(NC(=O)c3ccccc3Cl)c2C(=O)N2CCCCC2)C1. The first-order valence-electron chi connectivity index (χ1n) is 11.3. The molecule has 0 saturated carbocycles. The number of hydrogen-bond donors (Lipinski definition) is 1. The number of carbonyl (C=O) groups is 2. The van der Waals surface area contributed by atoms with Gasteiger partial charge in [-0.1, -0.05) is 44.5 Å². The summed E-state index contributed by atoms with van der Waals surface area (Å²) in [6, 6.07) is 7.03. The van der Waals surface area contributed by atoms with Crippen LogP contribution in [0, 0.1) is 11.3 Å². The number of amides is 2. The van der Waals surface area contributed by atoms with E-state index in [1.165, 1.54) is 11.3 Å². The number of nitrogens with zero attached hydrogens (tertiary/aromatic N) is 1. The summed E-state index contributed by atoms with van der Waals surface area (Å²) in [6.07, 6.45) is 6.20. The number of fused-ring (bicyclic) bond motifs is 1. The molecule has 6 heteroatoms. The number of hydrogen-bond acceptors (Lipinski definition) is 3. The molecule has 166 valence electrons. The molecule has 1 N–H and O–H groups in total. The molecule has 31 heavy (non-hydrogen) atoms. The van der Waals surface area contributed by atoms with Gasteiger partial charge in [0.25, 0.3) is 11.8 Å². The van der Waals surface area contributed by atoms with E-state index in [0.29, 0.717) is 21.5 Å². The molecule has 4 rings (SSSR count). The molecule has 1 aliphatic heterocycles. The first-order chi connectivity index (χ1) is 14.8. The van der Waals surface area contributed by atoms with Crippen molar-refractivity contribution in [3.05, 3.63) is 50.9 Å². The molecule has 2 aromatic rings. The summed E-state index contributed by atoms with van der Waals surface area (Å²) in [6.45, 7) is 8.46. The summed E-state index contributed by atoms with van der Waals surface area (Å²) in [5.74, 6) is 0.383. The molecule has 0 radical (unpaired) electrons. The number of anilines is 1. The largest absolute Gasteiger partial charge is 0.339 e. The molecule has 1 aliphatic carbocycles. The molecule has 2 amide bonds. The number of likely N-dealkylation sites (tertiary alicyclic amines) is 1. The lowest BCUT2D eigenvalue weighted by Gasteiger charge is -2.34. The monoisotopic (exact) mass is 458 g/mol. The number of rotatable bonds is 3. The second kappa shape index (κ2) is 8.95. The van der Waals surface area contributed by atoms with Gasteiger partial charge in [-0.25, -0.2) is 0 Å². The zero-order valence-corrected chi connectivity index (χ0v) is 20.2. The molecular formula is C25H31ClN2O2S. The number of thiophene rings is 1. The maximum atomic E-state index is 13.6. The predicted molar refractivity (Wildman–Crippen MR) is 128 cm³/mol. The van der Waals surface area contributed by atoms with Gasteiger partial charge < -0.3 is 10.2 Å². The highest BCUT2D eigenvalue weighted by molar-refractivity contribution is 7.17. The van der Waals surface area contributed by atoms with Crippen molar-refractivity contribution in [1.82, 2.24) is 4.90 Å². The van der Waals surface area contributed by atoms with Crippen molar-refractivity contribution in [2.75, 3.05) is 18.4 Å². The van der Waals surface area contributed by atoms with Gasteiger partial charge in [0.15, 0.2) is 0 Å². The van der Waals surface area contributed by atoms with E-state index in [1.54, 1.807) is 35.6 Å². The highest BCUT2D eigenvalue weighted by Crippen LogP contribution is 2.45. The summed E-state index contributed by atoms with van der Waals surface area (Å²) in [5.41, 5.74) is 2.52. The molecule has 1 unspecified atom stereocenters. The van der Waals surface area contributed by atoms with E-state index in [4.69, 9.17) is 11.6 Å². The van der Waals surface area contributed by atoms with Gasteiger partial charge in [-0.3, -0.25) is 9.59 Å². The van der Waals surface area contributed by atoms with Crippen LogP contribution in [0.4, 0.5) is 5.00 Å². The molecule has 2 heterocycles. The minimum Gasteiger partial charge on any atom is -0.339 e. The molecule has 1 fully saturated rings. The number of halogens is 1. The van der Waals surface area contributed by atoms with Gasteiger partial charge >= 0.3 is 0 Å². The Kier molecular flexibility index (Phi) is 6.45. The lowest BCUT2D eigenvalue weighted by Crippen LogP contribution is -2.36. The second-order valence-electron chi connectivity index (χ2n) is 9.80. The van der Waals surface area contributed by atoms with Crippen LogP contribution in [0.5, 0.6) is 0 Å². The summed E-state index contributed by atoms with van der Waals surface area (Å²) in [7, 11) is 0. The minimum atomic E-state index is -0.260. The van der Waals surface area contributed by atoms with Crippen LogP contribution in [0.15, 0.2) is 24.3 Å². The molecule has 1 aromatic heterocycles. The van der Waals surface area contributed by atoms with Gasteiger partial charge in [-0.15, -0.1) is 11.3 Å². The van der Waals surface area contributed by atoms with Crippen LogP contribution < -0.4 is 5.32 Å². The predicted octanol–water partition coefficient (Wildman–Crippen LogP) is 6.43. The maximum Gasteiger partial charge on any atom is 0.257 e. The summed E-state index contributed by atoms with van der Waals surface area (Å²) in [4.78, 5) is 29.8. The van der Waals surface area contributed by atoms with Crippen LogP contribution in [-0.4, -0.2) is 29.8 Å². The summed E-state index contributed by atoms with van der Waals surface area (Å²) < 4.78 is 0. The van der Waals surface area contributed by atoms with E-state index < -0.39 is 0 Å². The molecule has 4 nitrogen and oxygen atoms in total. The topological polar surface area (TPSA) is 49.4 Å². The van der Waals surface area contributed by atoms with Crippen molar-refractivity contribution in [3.8, 4) is 0 Å². The molecule has 0 spiro atoms. The molecule has 2 aliphatic rings. The van der Waals surface area contributed by atoms with E-state index in [1.807, 2.05) is 4.90 Å². The van der Waals surface area contributed by atoms with E-state index in [0.717, 1.165) is 56.3 Å². The molecule has 1 aromatic carbocycles. The highest BCUT2D eigenvalue weighted by Gasteiger charge is 2.35. The van der Waals surface area contributed by atoms with E-state index >= 15 is 0 Å². The number of carbonyl (C=O) groups excluding carboxylic acids is 2. The van der Waals surface area contributed by atoms with Crippen molar-refractivity contribution in [2.24, 2.45) is 11.3 Å². The average molecular weight is 459 g/mol. The highest BCUT2D eigenvalue weighted by atomic mass is 35.5. The Bertz CT molecular complexity index is 986. The lowest BCUT2D eigenvalue weighted by atomic mass is 9.72. The minimum absolute atomic E-state index is 0.0702. The Morgan fingerprint density at radius 2 is 1.84 bits per heavy atom. The van der Waals surface area contributed by atoms with Crippen LogP contribution in [-0.2, 0) is 12.8 Å².